The summed E-state index contributed by atoms with van der Waals surface area (Å²) in [5, 5.41) is 0.577. The van der Waals surface area contributed by atoms with Gasteiger partial charge in [-0.05, 0) is 25.0 Å². The smallest absolute Gasteiger partial charge is 0.150 e. The molecule has 1 aliphatic rings. The lowest BCUT2D eigenvalue weighted by atomic mass is 10.1. The summed E-state index contributed by atoms with van der Waals surface area (Å²) in [5.41, 5.74) is 8.08. The predicted molar refractivity (Wildman–Crippen MR) is 75.5 cm³/mol. The van der Waals surface area contributed by atoms with Crippen LogP contribution in [0.25, 0.3) is 11.4 Å². The Bertz CT molecular complexity index is 609. The molecule has 0 saturated heterocycles. The van der Waals surface area contributed by atoms with Crippen LogP contribution in [0.5, 0.6) is 5.75 Å². The molecule has 5 heteroatoms. The van der Waals surface area contributed by atoms with E-state index in [2.05, 4.69) is 9.55 Å². The van der Waals surface area contributed by atoms with Crippen LogP contribution in [-0.4, -0.2) is 22.7 Å². The molecule has 1 aromatic carbocycles. The fourth-order valence-electron chi connectivity index (χ4n) is 2.57. The number of imidazole rings is 1. The minimum absolute atomic E-state index is 0.159. The second-order valence-corrected chi connectivity index (χ2v) is 5.14. The Balaban J connectivity index is 2.16. The van der Waals surface area contributed by atoms with E-state index >= 15 is 0 Å². The number of hydrogen-bond donors (Lipinski definition) is 1. The van der Waals surface area contributed by atoms with Crippen molar-refractivity contribution in [2.45, 2.75) is 25.4 Å². The number of nitrogens with zero attached hydrogens (tertiary/aromatic N) is 2. The Hall–Kier alpha value is -1.52. The quantitative estimate of drug-likeness (QED) is 0.917. The van der Waals surface area contributed by atoms with E-state index in [-0.39, 0.29) is 6.04 Å². The van der Waals surface area contributed by atoms with Gasteiger partial charge in [-0.3, -0.25) is 0 Å². The number of hydrogen-bond acceptors (Lipinski definition) is 3. The molecule has 0 spiro atoms. The van der Waals surface area contributed by atoms with Crippen LogP contribution >= 0.6 is 11.6 Å². The first-order valence-electron chi connectivity index (χ1n) is 6.34. The monoisotopic (exact) mass is 277 g/mol. The molecule has 0 amide bonds. The molecule has 2 heterocycles. The third-order valence-corrected chi connectivity index (χ3v) is 3.84. The zero-order valence-corrected chi connectivity index (χ0v) is 11.5. The number of nitrogens with two attached hydrogens (primary N) is 1. The third kappa shape index (κ3) is 2.11. The van der Waals surface area contributed by atoms with Gasteiger partial charge in [0.1, 0.15) is 11.6 Å². The van der Waals surface area contributed by atoms with Crippen molar-refractivity contribution in [3.63, 3.8) is 0 Å². The number of halogens is 1. The van der Waals surface area contributed by atoms with Crippen molar-refractivity contribution in [3.05, 3.63) is 35.1 Å². The largest absolute Gasteiger partial charge is 0.496 e. The van der Waals surface area contributed by atoms with Gasteiger partial charge in [0.2, 0.25) is 0 Å². The lowest BCUT2D eigenvalue weighted by Crippen LogP contribution is -2.32. The summed E-state index contributed by atoms with van der Waals surface area (Å²) in [6.45, 7) is 0.752. The van der Waals surface area contributed by atoms with Crippen LogP contribution in [0.4, 0.5) is 0 Å². The second kappa shape index (κ2) is 4.87. The Morgan fingerprint density at radius 3 is 3.00 bits per heavy atom. The molecule has 0 bridgehead atoms. The minimum atomic E-state index is 0.159. The van der Waals surface area contributed by atoms with Crippen molar-refractivity contribution >= 4 is 11.6 Å². The average molecular weight is 278 g/mol. The zero-order valence-electron chi connectivity index (χ0n) is 10.8. The van der Waals surface area contributed by atoms with Gasteiger partial charge in [-0.25, -0.2) is 4.98 Å². The molecule has 2 N–H and O–H groups in total. The predicted octanol–water partition coefficient (Wildman–Crippen LogP) is 2.49. The molecule has 1 aromatic heterocycles. The van der Waals surface area contributed by atoms with Gasteiger partial charge in [0.05, 0.1) is 18.4 Å². The molecule has 3 rings (SSSR count). The Labute approximate surface area is 117 Å². The number of rotatable bonds is 2. The summed E-state index contributed by atoms with van der Waals surface area (Å²) in [6, 6.07) is 7.98. The van der Waals surface area contributed by atoms with Crippen LogP contribution in [0.3, 0.4) is 0 Å². The third-order valence-electron chi connectivity index (χ3n) is 3.54. The molecule has 4 nitrogen and oxygen atoms in total. The second-order valence-electron chi connectivity index (χ2n) is 4.78. The van der Waals surface area contributed by atoms with Crippen LogP contribution in [-0.2, 0) is 13.0 Å². The minimum Gasteiger partial charge on any atom is -0.496 e. The fraction of sp³-hybridized carbons (Fsp3) is 0.357. The van der Waals surface area contributed by atoms with Crippen molar-refractivity contribution < 1.29 is 4.74 Å². The van der Waals surface area contributed by atoms with Crippen LogP contribution < -0.4 is 10.5 Å². The van der Waals surface area contributed by atoms with Gasteiger partial charge >= 0.3 is 0 Å². The van der Waals surface area contributed by atoms with E-state index in [0.29, 0.717) is 5.15 Å². The first-order valence-corrected chi connectivity index (χ1v) is 6.72. The van der Waals surface area contributed by atoms with Gasteiger partial charge in [0.15, 0.2) is 5.15 Å². The number of ether oxygens (including phenoxy) is 1. The summed E-state index contributed by atoms with van der Waals surface area (Å²) >= 11 is 6.24. The first-order chi connectivity index (χ1) is 9.20. The van der Waals surface area contributed by atoms with E-state index in [1.807, 2.05) is 24.3 Å². The number of para-hydroxylation sites is 1. The molecular weight excluding hydrogens is 262 g/mol. The summed E-state index contributed by atoms with van der Waals surface area (Å²) < 4.78 is 7.52. The summed E-state index contributed by atoms with van der Waals surface area (Å²) in [4.78, 5) is 4.50. The van der Waals surface area contributed by atoms with Crippen LogP contribution in [0.1, 0.15) is 12.1 Å². The van der Waals surface area contributed by atoms with E-state index in [1.165, 1.54) is 0 Å². The zero-order chi connectivity index (χ0) is 13.4. The maximum Gasteiger partial charge on any atom is 0.150 e. The maximum absolute atomic E-state index is 6.24. The number of fused-ring (bicyclic) bond motifs is 1. The van der Waals surface area contributed by atoms with Crippen molar-refractivity contribution in [1.29, 1.82) is 0 Å². The van der Waals surface area contributed by atoms with Gasteiger partial charge in [-0.15, -0.1) is 0 Å². The van der Waals surface area contributed by atoms with Crippen molar-refractivity contribution in [2.24, 2.45) is 5.73 Å². The molecule has 19 heavy (non-hydrogen) atoms. The molecule has 0 fully saturated rings. The maximum atomic E-state index is 6.24. The summed E-state index contributed by atoms with van der Waals surface area (Å²) in [7, 11) is 1.66. The molecule has 0 aliphatic carbocycles. The van der Waals surface area contributed by atoms with Crippen LogP contribution in [0, 0.1) is 0 Å². The normalized spacial score (nSPS) is 18.2. The van der Waals surface area contributed by atoms with Gasteiger partial charge < -0.3 is 15.0 Å². The number of benzene rings is 1. The lowest BCUT2D eigenvalue weighted by molar-refractivity contribution is 0.414. The standard InChI is InChI=1S/C14H16ClN3O/c1-19-12-5-3-2-4-10(12)14-17-13(15)11-7-6-9(16)8-18(11)14/h2-5,9H,6-8,16H2,1H3. The summed E-state index contributed by atoms with van der Waals surface area (Å²) in [5.74, 6) is 1.64. The first kappa shape index (κ1) is 12.5. The fourth-order valence-corrected chi connectivity index (χ4v) is 2.85. The highest BCUT2D eigenvalue weighted by Crippen LogP contribution is 2.34. The van der Waals surface area contributed by atoms with E-state index in [0.717, 1.165) is 42.2 Å². The molecule has 0 saturated carbocycles. The van der Waals surface area contributed by atoms with Crippen molar-refractivity contribution in [3.8, 4) is 17.1 Å². The van der Waals surface area contributed by atoms with Crippen molar-refractivity contribution in [2.75, 3.05) is 7.11 Å². The highest BCUT2D eigenvalue weighted by Gasteiger charge is 2.24. The van der Waals surface area contributed by atoms with E-state index < -0.39 is 0 Å². The summed E-state index contributed by atoms with van der Waals surface area (Å²) in [6.07, 6.45) is 1.83. The van der Waals surface area contributed by atoms with Gasteiger partial charge in [-0.1, -0.05) is 23.7 Å². The highest BCUT2D eigenvalue weighted by molar-refractivity contribution is 6.30. The Morgan fingerprint density at radius 1 is 1.42 bits per heavy atom. The number of aromatic nitrogens is 2. The van der Waals surface area contributed by atoms with E-state index in [9.17, 15) is 0 Å². The van der Waals surface area contributed by atoms with Crippen molar-refractivity contribution in [1.82, 2.24) is 9.55 Å². The Kier molecular flexibility index (Phi) is 3.21. The lowest BCUT2D eigenvalue weighted by Gasteiger charge is -2.22. The molecule has 100 valence electrons. The molecule has 1 unspecified atom stereocenters. The topological polar surface area (TPSA) is 53.1 Å². The van der Waals surface area contributed by atoms with Gasteiger partial charge in [-0.2, -0.15) is 0 Å². The van der Waals surface area contributed by atoms with Crippen LogP contribution in [0.2, 0.25) is 5.15 Å². The van der Waals surface area contributed by atoms with E-state index in [1.54, 1.807) is 7.11 Å². The molecule has 1 atom stereocenters. The molecule has 1 aliphatic heterocycles. The molecule has 0 radical (unpaired) electrons. The Morgan fingerprint density at radius 2 is 2.21 bits per heavy atom. The van der Waals surface area contributed by atoms with Gasteiger partial charge in [0.25, 0.3) is 0 Å². The molecular formula is C14H16ClN3O. The van der Waals surface area contributed by atoms with Crippen LogP contribution in [0.15, 0.2) is 24.3 Å². The number of methoxy groups -OCH3 is 1. The highest BCUT2D eigenvalue weighted by atomic mass is 35.5. The SMILES string of the molecule is COc1ccccc1-c1nc(Cl)c2n1CC(N)CC2. The van der Waals surface area contributed by atoms with Gasteiger partial charge in [0, 0.05) is 12.6 Å². The molecule has 2 aromatic rings. The average Bonchev–Trinajstić information content (AvgIpc) is 2.75. The van der Waals surface area contributed by atoms with E-state index in [4.69, 9.17) is 22.1 Å².